The van der Waals surface area contributed by atoms with Crippen molar-refractivity contribution in [1.29, 1.82) is 0 Å². The highest BCUT2D eigenvalue weighted by atomic mass is 35.5. The lowest BCUT2D eigenvalue weighted by atomic mass is 9.97. The number of likely N-dealkylation sites (tertiary alicyclic amines) is 1. The van der Waals surface area contributed by atoms with Crippen LogP contribution in [-0.2, 0) is 6.54 Å². The molecule has 4 aromatic rings. The van der Waals surface area contributed by atoms with E-state index in [4.69, 9.17) is 16.6 Å². The number of aromatic nitrogens is 3. The zero-order chi connectivity index (χ0) is 19.1. The summed E-state index contributed by atoms with van der Waals surface area (Å²) in [5.74, 6) is 1.26. The van der Waals surface area contributed by atoms with Gasteiger partial charge in [0.25, 0.3) is 5.56 Å². The maximum Gasteiger partial charge on any atom is 0.258 e. The summed E-state index contributed by atoms with van der Waals surface area (Å²) in [5.41, 5.74) is 1.67. The van der Waals surface area contributed by atoms with Crippen LogP contribution in [0.2, 0.25) is 5.02 Å². The monoisotopic (exact) mass is 411 g/mol. The maximum absolute atomic E-state index is 12.3. The molecule has 0 radical (unpaired) electrons. The number of piperidine rings is 1. The van der Waals surface area contributed by atoms with E-state index < -0.39 is 0 Å². The molecule has 0 aliphatic carbocycles. The molecular formula is C21H20ClN4OS+. The summed E-state index contributed by atoms with van der Waals surface area (Å²) in [4.78, 5) is 26.2. The molecule has 1 fully saturated rings. The van der Waals surface area contributed by atoms with Gasteiger partial charge in [0.1, 0.15) is 6.54 Å². The van der Waals surface area contributed by atoms with E-state index in [1.165, 1.54) is 14.6 Å². The van der Waals surface area contributed by atoms with Crippen LogP contribution < -0.4 is 10.5 Å². The number of halogens is 1. The summed E-state index contributed by atoms with van der Waals surface area (Å²) < 4.78 is 1.27. The number of para-hydroxylation sites is 1. The molecule has 142 valence electrons. The Morgan fingerprint density at radius 2 is 1.93 bits per heavy atom. The number of H-pyrrole nitrogens is 1. The lowest BCUT2D eigenvalue weighted by molar-refractivity contribution is -0.919. The van der Waals surface area contributed by atoms with Gasteiger partial charge >= 0.3 is 0 Å². The maximum atomic E-state index is 12.3. The topological polar surface area (TPSA) is 63.1 Å². The molecule has 2 aromatic heterocycles. The molecule has 3 heterocycles. The van der Waals surface area contributed by atoms with Crippen LogP contribution in [0.15, 0.2) is 47.3 Å². The summed E-state index contributed by atoms with van der Waals surface area (Å²) >= 11 is 7.88. The van der Waals surface area contributed by atoms with Crippen LogP contribution in [-0.4, -0.2) is 28.0 Å². The zero-order valence-corrected chi connectivity index (χ0v) is 16.8. The fraction of sp³-hybridized carbons (Fsp3) is 0.286. The number of hydrogen-bond donors (Lipinski definition) is 2. The smallest absolute Gasteiger partial charge is 0.258 e. The number of nitrogens with one attached hydrogen (secondary N) is 2. The van der Waals surface area contributed by atoms with E-state index >= 15 is 0 Å². The summed E-state index contributed by atoms with van der Waals surface area (Å²) in [5, 5.41) is 2.44. The number of fused-ring (bicyclic) bond motifs is 2. The molecular weight excluding hydrogens is 392 g/mol. The highest BCUT2D eigenvalue weighted by Crippen LogP contribution is 2.31. The average molecular weight is 412 g/mol. The summed E-state index contributed by atoms with van der Waals surface area (Å²) in [7, 11) is 0. The minimum Gasteiger partial charge on any atom is -0.329 e. The van der Waals surface area contributed by atoms with Gasteiger partial charge in [0.15, 0.2) is 5.82 Å². The number of aromatic amines is 1. The number of thiazole rings is 1. The van der Waals surface area contributed by atoms with E-state index in [1.54, 1.807) is 18.2 Å². The number of quaternary nitrogens is 1. The van der Waals surface area contributed by atoms with E-state index in [0.717, 1.165) is 43.8 Å². The molecule has 2 N–H and O–H groups in total. The van der Waals surface area contributed by atoms with Crippen LogP contribution in [0, 0.1) is 0 Å². The third-order valence-electron chi connectivity index (χ3n) is 5.49. The minimum atomic E-state index is -0.0968. The molecule has 0 unspecified atom stereocenters. The van der Waals surface area contributed by atoms with Crippen LogP contribution >= 0.6 is 22.9 Å². The summed E-state index contributed by atoms with van der Waals surface area (Å²) in [6, 6.07) is 13.5. The first-order valence-corrected chi connectivity index (χ1v) is 10.7. The Morgan fingerprint density at radius 3 is 2.75 bits per heavy atom. The molecule has 0 amide bonds. The molecule has 2 aromatic carbocycles. The van der Waals surface area contributed by atoms with Crippen molar-refractivity contribution in [2.45, 2.75) is 25.3 Å². The Labute approximate surface area is 171 Å². The van der Waals surface area contributed by atoms with E-state index in [-0.39, 0.29) is 5.56 Å². The summed E-state index contributed by atoms with van der Waals surface area (Å²) in [6.07, 6.45) is 2.22. The van der Waals surface area contributed by atoms with Crippen molar-refractivity contribution in [1.82, 2.24) is 15.0 Å². The Balaban J connectivity index is 1.29. The first kappa shape index (κ1) is 17.8. The standard InChI is InChI=1S/C21H19ClN4OS/c22-14-5-6-15-17(11-14)23-19(25-20(15)27)12-26-9-7-13(8-10-26)21-24-16-3-1-2-4-18(16)28-21/h1-6,11,13H,7-10,12H2,(H,23,25,27)/p+1. The van der Waals surface area contributed by atoms with Crippen molar-refractivity contribution in [3.8, 4) is 0 Å². The Morgan fingerprint density at radius 1 is 1.11 bits per heavy atom. The van der Waals surface area contributed by atoms with Crippen LogP contribution in [0.3, 0.4) is 0 Å². The second-order valence-corrected chi connectivity index (χ2v) is 8.89. The van der Waals surface area contributed by atoms with Crippen LogP contribution in [0.25, 0.3) is 21.1 Å². The normalized spacial score (nSPS) is 20.0. The fourth-order valence-corrected chi connectivity index (χ4v) is 5.30. The van der Waals surface area contributed by atoms with Crippen molar-refractivity contribution in [2.75, 3.05) is 13.1 Å². The van der Waals surface area contributed by atoms with Gasteiger partial charge in [-0.15, -0.1) is 11.3 Å². The van der Waals surface area contributed by atoms with E-state index in [1.807, 2.05) is 17.4 Å². The molecule has 5 nitrogen and oxygen atoms in total. The Kier molecular flexibility index (Phi) is 4.62. The molecule has 0 bridgehead atoms. The number of benzene rings is 2. The van der Waals surface area contributed by atoms with E-state index in [0.29, 0.717) is 21.8 Å². The van der Waals surface area contributed by atoms with Gasteiger partial charge in [-0.2, -0.15) is 0 Å². The van der Waals surface area contributed by atoms with Crippen molar-refractivity contribution >= 4 is 44.1 Å². The quantitative estimate of drug-likeness (QED) is 0.544. The van der Waals surface area contributed by atoms with Crippen LogP contribution in [0.1, 0.15) is 29.6 Å². The number of nitrogens with zero attached hydrogens (tertiary/aromatic N) is 2. The van der Waals surface area contributed by atoms with E-state index in [2.05, 4.69) is 28.2 Å². The number of hydrogen-bond acceptors (Lipinski definition) is 4. The van der Waals surface area contributed by atoms with Gasteiger partial charge in [-0.1, -0.05) is 23.7 Å². The SMILES string of the molecule is O=c1[nH]c(C[NH+]2CCC(c3nc4ccccc4s3)CC2)nc2cc(Cl)ccc12. The van der Waals surface area contributed by atoms with Crippen LogP contribution in [0.4, 0.5) is 0 Å². The van der Waals surface area contributed by atoms with E-state index in [9.17, 15) is 4.79 Å². The zero-order valence-electron chi connectivity index (χ0n) is 15.2. The van der Waals surface area contributed by atoms with Crippen molar-refractivity contribution in [3.05, 3.63) is 68.7 Å². The molecule has 0 saturated carbocycles. The van der Waals surface area contributed by atoms with Gasteiger partial charge in [0.2, 0.25) is 0 Å². The van der Waals surface area contributed by atoms with Gasteiger partial charge in [-0.05, 0) is 30.3 Å². The third kappa shape index (κ3) is 3.43. The lowest BCUT2D eigenvalue weighted by Gasteiger charge is -2.27. The predicted molar refractivity (Wildman–Crippen MR) is 113 cm³/mol. The van der Waals surface area contributed by atoms with Gasteiger partial charge in [0, 0.05) is 23.8 Å². The molecule has 5 rings (SSSR count). The van der Waals surface area contributed by atoms with Crippen molar-refractivity contribution in [2.24, 2.45) is 0 Å². The molecule has 1 aliphatic rings. The van der Waals surface area contributed by atoms with Crippen molar-refractivity contribution < 1.29 is 4.90 Å². The predicted octanol–water partition coefficient (Wildman–Crippen LogP) is 3.15. The van der Waals surface area contributed by atoms with Gasteiger partial charge in [-0.25, -0.2) is 9.97 Å². The second-order valence-electron chi connectivity index (χ2n) is 7.39. The van der Waals surface area contributed by atoms with Gasteiger partial charge in [0.05, 0.1) is 39.2 Å². The first-order valence-electron chi connectivity index (χ1n) is 9.53. The minimum absolute atomic E-state index is 0.0968. The number of rotatable bonds is 3. The molecule has 1 saturated heterocycles. The molecule has 1 aliphatic heterocycles. The molecule has 7 heteroatoms. The Bertz CT molecular complexity index is 1180. The first-order chi connectivity index (χ1) is 13.7. The summed E-state index contributed by atoms with van der Waals surface area (Å²) in [6.45, 7) is 2.83. The second kappa shape index (κ2) is 7.28. The molecule has 0 atom stereocenters. The van der Waals surface area contributed by atoms with Gasteiger partial charge in [-0.3, -0.25) is 4.79 Å². The van der Waals surface area contributed by atoms with Crippen molar-refractivity contribution in [3.63, 3.8) is 0 Å². The largest absolute Gasteiger partial charge is 0.329 e. The van der Waals surface area contributed by atoms with Gasteiger partial charge < -0.3 is 9.88 Å². The third-order valence-corrected chi connectivity index (χ3v) is 6.92. The highest BCUT2D eigenvalue weighted by Gasteiger charge is 2.26. The van der Waals surface area contributed by atoms with Crippen LogP contribution in [0.5, 0.6) is 0 Å². The molecule has 0 spiro atoms. The molecule has 28 heavy (non-hydrogen) atoms. The highest BCUT2D eigenvalue weighted by molar-refractivity contribution is 7.18. The Hall–Kier alpha value is -2.28. The fourth-order valence-electron chi connectivity index (χ4n) is 4.00. The average Bonchev–Trinajstić information content (AvgIpc) is 3.12. The lowest BCUT2D eigenvalue weighted by Crippen LogP contribution is -3.11.